The summed E-state index contributed by atoms with van der Waals surface area (Å²) in [6.07, 6.45) is 0.727. The van der Waals surface area contributed by atoms with Crippen molar-refractivity contribution in [2.24, 2.45) is 0 Å². The van der Waals surface area contributed by atoms with E-state index < -0.39 is 0 Å². The number of aromatic nitrogens is 1. The summed E-state index contributed by atoms with van der Waals surface area (Å²) in [4.78, 5) is 15.5. The average Bonchev–Trinajstić information content (AvgIpc) is 2.64. The number of rotatable bonds is 5. The first-order chi connectivity index (χ1) is 7.61. The van der Waals surface area contributed by atoms with Gasteiger partial charge in [-0.1, -0.05) is 0 Å². The van der Waals surface area contributed by atoms with Gasteiger partial charge in [0.1, 0.15) is 0 Å². The summed E-state index contributed by atoms with van der Waals surface area (Å²) in [6.45, 7) is 4.19. The number of carbonyl (C=O) groups is 1. The van der Waals surface area contributed by atoms with E-state index in [0.29, 0.717) is 6.54 Å². The lowest BCUT2D eigenvalue weighted by atomic mass is 10.3. The fourth-order valence-electron chi connectivity index (χ4n) is 1.15. The van der Waals surface area contributed by atoms with E-state index in [0.717, 1.165) is 17.1 Å². The van der Waals surface area contributed by atoms with Crippen LogP contribution in [0.5, 0.6) is 0 Å². The van der Waals surface area contributed by atoms with Crippen molar-refractivity contribution < 1.29 is 9.90 Å². The predicted molar refractivity (Wildman–Crippen MR) is 63.6 cm³/mol. The van der Waals surface area contributed by atoms with E-state index in [-0.39, 0.29) is 18.7 Å². The molecule has 0 fully saturated rings. The predicted octanol–water partition coefficient (Wildman–Crippen LogP) is 0.674. The second-order valence-corrected chi connectivity index (χ2v) is 4.65. The van der Waals surface area contributed by atoms with Gasteiger partial charge in [-0.05, 0) is 13.8 Å². The summed E-state index contributed by atoms with van der Waals surface area (Å²) in [6, 6.07) is -0.477. The number of thiazole rings is 1. The Hall–Kier alpha value is -1.14. The number of aliphatic hydroxyl groups is 1. The van der Waals surface area contributed by atoms with Crippen LogP contribution in [0.2, 0.25) is 0 Å². The van der Waals surface area contributed by atoms with Crippen molar-refractivity contribution in [3.05, 3.63) is 16.1 Å². The number of nitrogens with one attached hydrogen (secondary N) is 2. The van der Waals surface area contributed by atoms with Crippen LogP contribution >= 0.6 is 11.3 Å². The van der Waals surface area contributed by atoms with E-state index in [1.807, 2.05) is 12.3 Å². The summed E-state index contributed by atoms with van der Waals surface area (Å²) < 4.78 is 0. The minimum atomic E-state index is -0.256. The number of aliphatic hydroxyl groups excluding tert-OH is 1. The maximum Gasteiger partial charge on any atom is 0.315 e. The number of urea groups is 1. The number of nitrogens with zero attached hydrogens (tertiary/aromatic N) is 1. The zero-order valence-electron chi connectivity index (χ0n) is 9.49. The smallest absolute Gasteiger partial charge is 0.315 e. The fourth-order valence-corrected chi connectivity index (χ4v) is 1.79. The molecular weight excluding hydrogens is 226 g/mol. The molecule has 1 atom stereocenters. The molecule has 1 aromatic rings. The summed E-state index contributed by atoms with van der Waals surface area (Å²) >= 11 is 1.61. The lowest BCUT2D eigenvalue weighted by Gasteiger charge is -2.11. The monoisotopic (exact) mass is 243 g/mol. The Morgan fingerprint density at radius 3 is 3.00 bits per heavy atom. The second kappa shape index (κ2) is 6.44. The van der Waals surface area contributed by atoms with Gasteiger partial charge in [0.05, 0.1) is 23.4 Å². The lowest BCUT2D eigenvalue weighted by Crippen LogP contribution is -2.42. The van der Waals surface area contributed by atoms with Crippen LogP contribution in [-0.2, 0) is 6.42 Å². The SMILES string of the molecule is Cc1nc(CCNC(=O)NC(C)CO)cs1. The topological polar surface area (TPSA) is 74.2 Å². The molecule has 0 aromatic carbocycles. The van der Waals surface area contributed by atoms with Gasteiger partial charge < -0.3 is 15.7 Å². The van der Waals surface area contributed by atoms with Crippen LogP contribution in [0.3, 0.4) is 0 Å². The highest BCUT2D eigenvalue weighted by Crippen LogP contribution is 2.07. The lowest BCUT2D eigenvalue weighted by molar-refractivity contribution is 0.220. The zero-order valence-corrected chi connectivity index (χ0v) is 10.3. The summed E-state index contributed by atoms with van der Waals surface area (Å²) in [5.41, 5.74) is 0.998. The van der Waals surface area contributed by atoms with E-state index in [2.05, 4.69) is 15.6 Å². The number of hydrogen-bond acceptors (Lipinski definition) is 4. The van der Waals surface area contributed by atoms with Gasteiger partial charge in [0.25, 0.3) is 0 Å². The molecule has 0 aliphatic heterocycles. The summed E-state index contributed by atoms with van der Waals surface area (Å²) in [5, 5.41) is 17.1. The Morgan fingerprint density at radius 2 is 2.44 bits per heavy atom. The third kappa shape index (κ3) is 4.59. The highest BCUT2D eigenvalue weighted by molar-refractivity contribution is 7.09. The molecule has 0 radical (unpaired) electrons. The first-order valence-electron chi connectivity index (χ1n) is 5.18. The molecule has 2 amide bonds. The molecule has 0 bridgehead atoms. The Balaban J connectivity index is 2.18. The van der Waals surface area contributed by atoms with Crippen molar-refractivity contribution in [3.63, 3.8) is 0 Å². The zero-order chi connectivity index (χ0) is 12.0. The van der Waals surface area contributed by atoms with Crippen molar-refractivity contribution in [3.8, 4) is 0 Å². The van der Waals surface area contributed by atoms with Crippen LogP contribution < -0.4 is 10.6 Å². The van der Waals surface area contributed by atoms with Crippen molar-refractivity contribution in [2.45, 2.75) is 26.3 Å². The summed E-state index contributed by atoms with van der Waals surface area (Å²) in [7, 11) is 0. The van der Waals surface area contributed by atoms with Crippen molar-refractivity contribution >= 4 is 17.4 Å². The van der Waals surface area contributed by atoms with Crippen LogP contribution in [0.25, 0.3) is 0 Å². The molecule has 16 heavy (non-hydrogen) atoms. The molecule has 5 nitrogen and oxygen atoms in total. The maximum absolute atomic E-state index is 11.3. The van der Waals surface area contributed by atoms with Gasteiger partial charge in [-0.25, -0.2) is 9.78 Å². The highest BCUT2D eigenvalue weighted by atomic mass is 32.1. The Morgan fingerprint density at radius 1 is 1.69 bits per heavy atom. The Labute approximate surface area is 98.9 Å². The molecule has 6 heteroatoms. The van der Waals surface area contributed by atoms with E-state index in [4.69, 9.17) is 5.11 Å². The average molecular weight is 243 g/mol. The molecule has 0 saturated heterocycles. The van der Waals surface area contributed by atoms with Crippen molar-refractivity contribution in [1.29, 1.82) is 0 Å². The van der Waals surface area contributed by atoms with Gasteiger partial charge in [-0.3, -0.25) is 0 Å². The molecule has 1 unspecified atom stereocenters. The molecule has 1 heterocycles. The molecule has 1 aromatic heterocycles. The molecule has 0 spiro atoms. The van der Waals surface area contributed by atoms with E-state index >= 15 is 0 Å². The Bertz CT molecular complexity index is 341. The molecule has 1 rings (SSSR count). The van der Waals surface area contributed by atoms with Crippen LogP contribution in [0.1, 0.15) is 17.6 Å². The molecule has 3 N–H and O–H groups in total. The summed E-state index contributed by atoms with van der Waals surface area (Å²) in [5.74, 6) is 0. The van der Waals surface area contributed by atoms with Gasteiger partial charge in [0.15, 0.2) is 0 Å². The fraction of sp³-hybridized carbons (Fsp3) is 0.600. The van der Waals surface area contributed by atoms with E-state index in [9.17, 15) is 4.79 Å². The second-order valence-electron chi connectivity index (χ2n) is 3.59. The third-order valence-corrected chi connectivity index (χ3v) is 2.81. The third-order valence-electron chi connectivity index (χ3n) is 1.98. The Kier molecular flexibility index (Phi) is 5.21. The molecule has 0 saturated carbocycles. The maximum atomic E-state index is 11.3. The van der Waals surface area contributed by atoms with Crippen LogP contribution in [0.4, 0.5) is 4.79 Å². The van der Waals surface area contributed by atoms with Gasteiger partial charge >= 0.3 is 6.03 Å². The highest BCUT2D eigenvalue weighted by Gasteiger charge is 2.05. The van der Waals surface area contributed by atoms with Crippen LogP contribution in [-0.4, -0.2) is 35.3 Å². The standard InChI is InChI=1S/C10H17N3O2S/c1-7(5-14)12-10(15)11-4-3-9-6-16-8(2)13-9/h6-7,14H,3-5H2,1-2H3,(H2,11,12,15). The van der Waals surface area contributed by atoms with Crippen LogP contribution in [0, 0.1) is 6.92 Å². The molecular formula is C10H17N3O2S. The number of amides is 2. The first kappa shape index (κ1) is 12.9. The van der Waals surface area contributed by atoms with Crippen molar-refractivity contribution in [2.75, 3.05) is 13.2 Å². The molecule has 0 aliphatic rings. The van der Waals surface area contributed by atoms with Gasteiger partial charge in [-0.15, -0.1) is 11.3 Å². The minimum absolute atomic E-state index is 0.0568. The largest absolute Gasteiger partial charge is 0.394 e. The molecule has 90 valence electrons. The normalized spacial score (nSPS) is 12.2. The quantitative estimate of drug-likeness (QED) is 0.711. The number of hydrogen-bond donors (Lipinski definition) is 3. The van der Waals surface area contributed by atoms with E-state index in [1.54, 1.807) is 18.3 Å². The number of carbonyl (C=O) groups excluding carboxylic acids is 1. The van der Waals surface area contributed by atoms with Gasteiger partial charge in [-0.2, -0.15) is 0 Å². The molecule has 0 aliphatic carbocycles. The number of aryl methyl sites for hydroxylation is 1. The van der Waals surface area contributed by atoms with E-state index in [1.165, 1.54) is 0 Å². The minimum Gasteiger partial charge on any atom is -0.394 e. The van der Waals surface area contributed by atoms with Crippen molar-refractivity contribution in [1.82, 2.24) is 15.6 Å². The van der Waals surface area contributed by atoms with Gasteiger partial charge in [0.2, 0.25) is 0 Å². The first-order valence-corrected chi connectivity index (χ1v) is 6.06. The van der Waals surface area contributed by atoms with Crippen LogP contribution in [0.15, 0.2) is 5.38 Å². The van der Waals surface area contributed by atoms with Gasteiger partial charge in [0, 0.05) is 18.3 Å².